The molecule has 0 radical (unpaired) electrons. The highest BCUT2D eigenvalue weighted by atomic mass is 32.1. The van der Waals surface area contributed by atoms with Crippen LogP contribution in [0.25, 0.3) is 15.2 Å². The number of aromatic nitrogens is 4. The van der Waals surface area contributed by atoms with Gasteiger partial charge in [-0.1, -0.05) is 11.3 Å². The predicted molar refractivity (Wildman–Crippen MR) is 163 cm³/mol. The summed E-state index contributed by atoms with van der Waals surface area (Å²) in [4.78, 5) is 42.1. The second-order valence-corrected chi connectivity index (χ2v) is 12.9. The van der Waals surface area contributed by atoms with Crippen molar-refractivity contribution < 1.29 is 23.8 Å². The fraction of sp³-hybridized carbons (Fsp3) is 0.467. The normalized spacial score (nSPS) is 13.1. The van der Waals surface area contributed by atoms with E-state index in [9.17, 15) is 23.9 Å². The Labute approximate surface area is 252 Å². The van der Waals surface area contributed by atoms with Crippen LogP contribution in [0.2, 0.25) is 0 Å². The molecule has 43 heavy (non-hydrogen) atoms. The molecule has 1 unspecified atom stereocenters. The number of rotatable bonds is 11. The SMILES string of the molecule is COc1ccc(F)cc1C(Cn1c(=O)n(C(C)(C)C(=O)NC(C)C)c(=O)c2c(C)c(-n3cccn3)sc21)OCC(C)(C)O. The highest BCUT2D eigenvalue weighted by Crippen LogP contribution is 2.35. The van der Waals surface area contributed by atoms with E-state index in [-0.39, 0.29) is 24.6 Å². The van der Waals surface area contributed by atoms with E-state index in [2.05, 4.69) is 10.4 Å². The molecule has 1 amide bonds. The minimum absolute atomic E-state index is 0.154. The van der Waals surface area contributed by atoms with Gasteiger partial charge in [-0.05, 0) is 72.7 Å². The molecular weight excluding hydrogens is 577 g/mol. The van der Waals surface area contributed by atoms with Crippen molar-refractivity contribution in [3.8, 4) is 10.8 Å². The molecule has 0 aliphatic heterocycles. The second kappa shape index (κ2) is 12.1. The van der Waals surface area contributed by atoms with Crippen molar-refractivity contribution in [2.45, 2.75) is 78.3 Å². The molecule has 4 rings (SSSR count). The molecule has 0 aliphatic rings. The van der Waals surface area contributed by atoms with Crippen LogP contribution in [0, 0.1) is 12.7 Å². The average Bonchev–Trinajstić information content (AvgIpc) is 3.55. The van der Waals surface area contributed by atoms with Crippen molar-refractivity contribution in [3.63, 3.8) is 0 Å². The summed E-state index contributed by atoms with van der Waals surface area (Å²) >= 11 is 1.19. The van der Waals surface area contributed by atoms with E-state index in [0.29, 0.717) is 26.7 Å². The molecule has 232 valence electrons. The van der Waals surface area contributed by atoms with E-state index in [1.807, 2.05) is 0 Å². The van der Waals surface area contributed by atoms with E-state index in [4.69, 9.17) is 9.47 Å². The van der Waals surface area contributed by atoms with E-state index in [1.165, 1.54) is 55.1 Å². The number of amides is 1. The van der Waals surface area contributed by atoms with Gasteiger partial charge in [-0.25, -0.2) is 18.4 Å². The van der Waals surface area contributed by atoms with Gasteiger partial charge in [-0.2, -0.15) is 5.10 Å². The molecule has 3 aromatic heterocycles. The van der Waals surface area contributed by atoms with Gasteiger partial charge in [0.25, 0.3) is 5.56 Å². The van der Waals surface area contributed by atoms with Crippen molar-refractivity contribution in [2.75, 3.05) is 13.7 Å². The Kier molecular flexibility index (Phi) is 9.00. The van der Waals surface area contributed by atoms with E-state index in [0.717, 1.165) is 4.57 Å². The number of nitrogens with one attached hydrogen (secondary N) is 1. The summed E-state index contributed by atoms with van der Waals surface area (Å²) in [6.07, 6.45) is 2.34. The van der Waals surface area contributed by atoms with Crippen molar-refractivity contribution in [1.82, 2.24) is 24.2 Å². The minimum atomic E-state index is -1.57. The fourth-order valence-electron chi connectivity index (χ4n) is 4.80. The number of carbonyl (C=O) groups excluding carboxylic acids is 1. The number of thiophene rings is 1. The van der Waals surface area contributed by atoms with E-state index < -0.39 is 40.2 Å². The molecule has 0 fully saturated rings. The summed E-state index contributed by atoms with van der Waals surface area (Å²) in [5.41, 5.74) is -3.31. The van der Waals surface area contributed by atoms with Gasteiger partial charge in [0.05, 0.1) is 31.2 Å². The van der Waals surface area contributed by atoms with Crippen LogP contribution in [-0.2, 0) is 21.6 Å². The first-order valence-corrected chi connectivity index (χ1v) is 14.7. The molecule has 2 N–H and O–H groups in total. The lowest BCUT2D eigenvalue weighted by atomic mass is 10.0. The number of hydrogen-bond acceptors (Lipinski definition) is 8. The van der Waals surface area contributed by atoms with Crippen LogP contribution in [-0.4, -0.2) is 55.3 Å². The number of hydrogen-bond donors (Lipinski definition) is 2. The molecule has 0 saturated carbocycles. The highest BCUT2D eigenvalue weighted by Gasteiger charge is 2.36. The van der Waals surface area contributed by atoms with Crippen LogP contribution in [0.1, 0.15) is 58.8 Å². The van der Waals surface area contributed by atoms with Crippen LogP contribution in [0.4, 0.5) is 4.39 Å². The lowest BCUT2D eigenvalue weighted by Gasteiger charge is -2.29. The number of benzene rings is 1. The smallest absolute Gasteiger partial charge is 0.333 e. The van der Waals surface area contributed by atoms with E-state index in [1.54, 1.807) is 57.8 Å². The van der Waals surface area contributed by atoms with Crippen LogP contribution in [0.3, 0.4) is 0 Å². The van der Waals surface area contributed by atoms with Gasteiger partial charge in [-0.15, -0.1) is 0 Å². The molecule has 4 aromatic rings. The first-order chi connectivity index (χ1) is 20.1. The maximum atomic E-state index is 14.5. The largest absolute Gasteiger partial charge is 0.496 e. The quantitative estimate of drug-likeness (QED) is 0.264. The van der Waals surface area contributed by atoms with Crippen LogP contribution in [0.5, 0.6) is 5.75 Å². The van der Waals surface area contributed by atoms with Crippen molar-refractivity contribution in [1.29, 1.82) is 0 Å². The zero-order valence-corrected chi connectivity index (χ0v) is 26.4. The highest BCUT2D eigenvalue weighted by molar-refractivity contribution is 7.21. The number of halogens is 1. The Morgan fingerprint density at radius 3 is 2.49 bits per heavy atom. The maximum Gasteiger partial charge on any atom is 0.333 e. The number of carbonyl (C=O) groups is 1. The molecule has 11 nitrogen and oxygen atoms in total. The molecule has 13 heteroatoms. The summed E-state index contributed by atoms with van der Waals surface area (Å²) in [6, 6.07) is 5.46. The Morgan fingerprint density at radius 2 is 1.91 bits per heavy atom. The third-order valence-corrected chi connectivity index (χ3v) is 8.26. The topological polar surface area (TPSA) is 130 Å². The first-order valence-electron chi connectivity index (χ1n) is 13.8. The first kappa shape index (κ1) is 32.1. The lowest BCUT2D eigenvalue weighted by molar-refractivity contribution is -0.129. The van der Waals surface area contributed by atoms with Gasteiger partial charge in [-0.3, -0.25) is 14.2 Å². The van der Waals surface area contributed by atoms with Crippen molar-refractivity contribution in [3.05, 3.63) is 74.4 Å². The molecule has 1 aromatic carbocycles. The molecule has 1 atom stereocenters. The lowest BCUT2D eigenvalue weighted by Crippen LogP contribution is -2.56. The zero-order chi connectivity index (χ0) is 31.9. The standard InChI is InChI=1S/C30H38FN5O6S/c1-17(2)33-27(38)30(6,7)36-24(37)23-18(3)25(35-13-9-12-32-35)43-26(23)34(28(36)39)15-22(42-16-29(4,5)40)20-14-19(31)10-11-21(20)41-8/h9-14,17,22,40H,15-16H2,1-8H3,(H,33,38). The summed E-state index contributed by atoms with van der Waals surface area (Å²) in [7, 11) is 1.43. The predicted octanol–water partition coefficient (Wildman–Crippen LogP) is 3.66. The van der Waals surface area contributed by atoms with Crippen molar-refractivity contribution >= 4 is 27.5 Å². The van der Waals surface area contributed by atoms with Gasteiger partial charge in [0.2, 0.25) is 5.91 Å². The molecule has 3 heterocycles. The van der Waals surface area contributed by atoms with E-state index >= 15 is 0 Å². The molecular formula is C30H38FN5O6S. The summed E-state index contributed by atoms with van der Waals surface area (Å²) in [5, 5.41) is 18.4. The van der Waals surface area contributed by atoms with Crippen LogP contribution < -0.4 is 21.3 Å². The molecule has 0 aliphatic carbocycles. The summed E-state index contributed by atoms with van der Waals surface area (Å²) in [5.74, 6) is -0.736. The second-order valence-electron chi connectivity index (χ2n) is 11.9. The summed E-state index contributed by atoms with van der Waals surface area (Å²) in [6.45, 7) is 11.1. The monoisotopic (exact) mass is 615 g/mol. The number of nitrogens with zero attached hydrogens (tertiary/aromatic N) is 4. The Balaban J connectivity index is 2.04. The number of fused-ring (bicyclic) bond motifs is 1. The van der Waals surface area contributed by atoms with Gasteiger partial charge >= 0.3 is 5.69 Å². The number of ether oxygens (including phenoxy) is 2. The van der Waals surface area contributed by atoms with Crippen molar-refractivity contribution in [2.24, 2.45) is 0 Å². The van der Waals surface area contributed by atoms with Gasteiger partial charge in [0.1, 0.15) is 33.0 Å². The third kappa shape index (κ3) is 6.43. The van der Waals surface area contributed by atoms with Crippen LogP contribution >= 0.6 is 11.3 Å². The average molecular weight is 616 g/mol. The minimum Gasteiger partial charge on any atom is -0.496 e. The molecule has 0 spiro atoms. The number of aliphatic hydroxyl groups is 1. The maximum absolute atomic E-state index is 14.5. The molecule has 0 bridgehead atoms. The van der Waals surface area contributed by atoms with Gasteiger partial charge < -0.3 is 19.9 Å². The summed E-state index contributed by atoms with van der Waals surface area (Å²) < 4.78 is 30.1. The Morgan fingerprint density at radius 1 is 1.21 bits per heavy atom. The Bertz CT molecular complexity index is 1750. The number of methoxy groups -OCH3 is 1. The third-order valence-electron chi connectivity index (χ3n) is 6.96. The zero-order valence-electron chi connectivity index (χ0n) is 25.6. The Hall–Kier alpha value is -3.81. The molecule has 0 saturated heterocycles. The fourth-order valence-corrected chi connectivity index (χ4v) is 6.05. The van der Waals surface area contributed by atoms with Crippen LogP contribution in [0.15, 0.2) is 46.2 Å². The van der Waals surface area contributed by atoms with Gasteiger partial charge in [0.15, 0.2) is 0 Å². The van der Waals surface area contributed by atoms with Gasteiger partial charge in [0, 0.05) is 29.6 Å². The number of aryl methyl sites for hydroxylation is 1.